The lowest BCUT2D eigenvalue weighted by atomic mass is 10.3. The predicted octanol–water partition coefficient (Wildman–Crippen LogP) is -0.621. The van der Waals surface area contributed by atoms with Gasteiger partial charge < -0.3 is 10.6 Å². The van der Waals surface area contributed by atoms with Crippen LogP contribution in [-0.2, 0) is 9.84 Å². The molecule has 2 N–H and O–H groups in total. The Labute approximate surface area is 103 Å². The van der Waals surface area contributed by atoms with E-state index in [0.717, 1.165) is 11.3 Å². The largest absolute Gasteiger partial charge is 0.374 e. The van der Waals surface area contributed by atoms with Gasteiger partial charge in [-0.25, -0.2) is 8.42 Å². The summed E-state index contributed by atoms with van der Waals surface area (Å²) in [7, 11) is -3.03. The van der Waals surface area contributed by atoms with Crippen LogP contribution in [0.5, 0.6) is 0 Å². The first-order valence-electron chi connectivity index (χ1n) is 4.99. The maximum atomic E-state index is 12.0. The number of hydrogen-bond acceptors (Lipinski definition) is 7. The predicted molar refractivity (Wildman–Crippen MR) is 63.5 cm³/mol. The Bertz CT molecular complexity index is 539. The van der Waals surface area contributed by atoms with Crippen molar-refractivity contribution in [3.63, 3.8) is 0 Å². The molecule has 94 valence electrons. The van der Waals surface area contributed by atoms with Gasteiger partial charge in [0, 0.05) is 12.6 Å². The fourth-order valence-corrected chi connectivity index (χ4v) is 3.87. The van der Waals surface area contributed by atoms with E-state index in [1.54, 1.807) is 6.92 Å². The van der Waals surface area contributed by atoms with Gasteiger partial charge in [0.15, 0.2) is 9.84 Å². The van der Waals surface area contributed by atoms with Crippen LogP contribution in [0.4, 0.5) is 5.13 Å². The summed E-state index contributed by atoms with van der Waals surface area (Å²) in [6, 6.07) is -0.341. The van der Waals surface area contributed by atoms with Crippen LogP contribution in [0, 0.1) is 0 Å². The summed E-state index contributed by atoms with van der Waals surface area (Å²) in [4.78, 5) is 13.5. The number of nitrogens with zero attached hydrogens (tertiary/aromatic N) is 3. The van der Waals surface area contributed by atoms with E-state index in [-0.39, 0.29) is 40.1 Å². The van der Waals surface area contributed by atoms with Crippen molar-refractivity contribution in [2.45, 2.75) is 13.0 Å². The third-order valence-electron chi connectivity index (χ3n) is 2.55. The molecule has 2 rings (SSSR count). The standard InChI is InChI=1S/C8H12N4O3S2/c1-5-4-17(14,15)3-2-12(5)7(13)6-10-11-8(9)16-6/h5H,2-4H2,1H3,(H2,9,11). The van der Waals surface area contributed by atoms with E-state index in [1.807, 2.05) is 0 Å². The third-order valence-corrected chi connectivity index (χ3v) is 5.09. The molecule has 17 heavy (non-hydrogen) atoms. The monoisotopic (exact) mass is 276 g/mol. The van der Waals surface area contributed by atoms with E-state index in [9.17, 15) is 13.2 Å². The summed E-state index contributed by atoms with van der Waals surface area (Å²) in [6.45, 7) is 1.90. The van der Waals surface area contributed by atoms with Crippen LogP contribution in [0.3, 0.4) is 0 Å². The zero-order chi connectivity index (χ0) is 12.6. The van der Waals surface area contributed by atoms with E-state index in [2.05, 4.69) is 10.2 Å². The molecule has 0 radical (unpaired) electrons. The lowest BCUT2D eigenvalue weighted by Crippen LogP contribution is -2.49. The summed E-state index contributed by atoms with van der Waals surface area (Å²) < 4.78 is 22.8. The average Bonchev–Trinajstić information content (AvgIpc) is 2.62. The average molecular weight is 276 g/mol. The van der Waals surface area contributed by atoms with Crippen LogP contribution in [0.15, 0.2) is 0 Å². The van der Waals surface area contributed by atoms with E-state index < -0.39 is 9.84 Å². The van der Waals surface area contributed by atoms with Gasteiger partial charge in [-0.3, -0.25) is 4.79 Å². The van der Waals surface area contributed by atoms with Crippen molar-refractivity contribution in [1.82, 2.24) is 15.1 Å². The molecule has 9 heteroatoms. The van der Waals surface area contributed by atoms with Gasteiger partial charge in [0.1, 0.15) is 0 Å². The van der Waals surface area contributed by atoms with Gasteiger partial charge in [-0.1, -0.05) is 11.3 Å². The lowest BCUT2D eigenvalue weighted by Gasteiger charge is -2.32. The number of carbonyl (C=O) groups excluding carboxylic acids is 1. The number of aromatic nitrogens is 2. The molecular weight excluding hydrogens is 264 g/mol. The molecule has 1 aromatic heterocycles. The number of sulfone groups is 1. The number of nitrogens with two attached hydrogens (primary N) is 1. The molecular formula is C8H12N4O3S2. The SMILES string of the molecule is CC1CS(=O)(=O)CCN1C(=O)c1nnc(N)s1. The molecule has 0 bridgehead atoms. The molecule has 1 aromatic rings. The maximum Gasteiger partial charge on any atom is 0.285 e. The summed E-state index contributed by atoms with van der Waals surface area (Å²) >= 11 is 1.01. The number of hydrogen-bond donors (Lipinski definition) is 1. The van der Waals surface area contributed by atoms with Crippen molar-refractivity contribution in [3.8, 4) is 0 Å². The molecule has 1 aliphatic rings. The number of nitrogen functional groups attached to an aromatic ring is 1. The maximum absolute atomic E-state index is 12.0. The normalized spacial score (nSPS) is 23.6. The van der Waals surface area contributed by atoms with Gasteiger partial charge in [0.25, 0.3) is 5.91 Å². The van der Waals surface area contributed by atoms with Gasteiger partial charge in [-0.15, -0.1) is 10.2 Å². The number of rotatable bonds is 1. The Morgan fingerprint density at radius 2 is 2.24 bits per heavy atom. The van der Waals surface area contributed by atoms with Crippen molar-refractivity contribution >= 4 is 32.2 Å². The van der Waals surface area contributed by atoms with Gasteiger partial charge in [-0.2, -0.15) is 0 Å². The van der Waals surface area contributed by atoms with Crippen molar-refractivity contribution in [2.75, 3.05) is 23.8 Å². The third kappa shape index (κ3) is 2.55. The molecule has 0 aliphatic carbocycles. The minimum atomic E-state index is -3.03. The van der Waals surface area contributed by atoms with Crippen molar-refractivity contribution in [1.29, 1.82) is 0 Å². The van der Waals surface area contributed by atoms with Gasteiger partial charge in [-0.05, 0) is 6.92 Å². The molecule has 2 heterocycles. The summed E-state index contributed by atoms with van der Waals surface area (Å²) in [5.41, 5.74) is 5.40. The van der Waals surface area contributed by atoms with Crippen LogP contribution >= 0.6 is 11.3 Å². The zero-order valence-corrected chi connectivity index (χ0v) is 10.8. The molecule has 1 atom stereocenters. The van der Waals surface area contributed by atoms with Crippen LogP contribution in [0.25, 0.3) is 0 Å². The number of carbonyl (C=O) groups is 1. The van der Waals surface area contributed by atoms with Crippen LogP contribution in [-0.4, -0.2) is 53.5 Å². The van der Waals surface area contributed by atoms with E-state index >= 15 is 0 Å². The summed E-state index contributed by atoms with van der Waals surface area (Å²) in [6.07, 6.45) is 0. The molecule has 0 aromatic carbocycles. The topological polar surface area (TPSA) is 106 Å². The lowest BCUT2D eigenvalue weighted by molar-refractivity contribution is 0.0711. The highest BCUT2D eigenvalue weighted by Crippen LogP contribution is 2.18. The number of anilines is 1. The van der Waals surface area contributed by atoms with E-state index in [1.165, 1.54) is 4.90 Å². The molecule has 7 nitrogen and oxygen atoms in total. The first-order chi connectivity index (χ1) is 7.89. The van der Waals surface area contributed by atoms with Gasteiger partial charge >= 0.3 is 0 Å². The number of amides is 1. The highest BCUT2D eigenvalue weighted by Gasteiger charge is 2.32. The molecule has 0 saturated carbocycles. The Hall–Kier alpha value is -1.22. The fourth-order valence-electron chi connectivity index (χ4n) is 1.74. The Morgan fingerprint density at radius 3 is 2.76 bits per heavy atom. The second kappa shape index (κ2) is 4.22. The molecule has 1 aliphatic heterocycles. The smallest absolute Gasteiger partial charge is 0.285 e. The highest BCUT2D eigenvalue weighted by molar-refractivity contribution is 7.91. The molecule has 1 fully saturated rings. The minimum Gasteiger partial charge on any atom is -0.374 e. The van der Waals surface area contributed by atoms with Crippen molar-refractivity contribution in [3.05, 3.63) is 5.01 Å². The van der Waals surface area contributed by atoms with Crippen molar-refractivity contribution < 1.29 is 13.2 Å². The molecule has 1 saturated heterocycles. The molecule has 1 amide bonds. The minimum absolute atomic E-state index is 0.00261. The first kappa shape index (κ1) is 12.2. The molecule has 1 unspecified atom stereocenters. The summed E-state index contributed by atoms with van der Waals surface area (Å²) in [5, 5.41) is 7.66. The van der Waals surface area contributed by atoms with Crippen LogP contribution in [0.1, 0.15) is 16.7 Å². The Kier molecular flexibility index (Phi) is 3.04. The van der Waals surface area contributed by atoms with Gasteiger partial charge in [0.2, 0.25) is 10.1 Å². The second-order valence-electron chi connectivity index (χ2n) is 3.91. The Morgan fingerprint density at radius 1 is 1.53 bits per heavy atom. The van der Waals surface area contributed by atoms with Gasteiger partial charge in [0.05, 0.1) is 11.5 Å². The zero-order valence-electron chi connectivity index (χ0n) is 9.16. The first-order valence-corrected chi connectivity index (χ1v) is 7.63. The highest BCUT2D eigenvalue weighted by atomic mass is 32.2. The molecule has 0 spiro atoms. The second-order valence-corrected chi connectivity index (χ2v) is 7.15. The summed E-state index contributed by atoms with van der Waals surface area (Å²) in [5.74, 6) is -0.314. The fraction of sp³-hybridized carbons (Fsp3) is 0.625. The Balaban J connectivity index is 2.16. The van der Waals surface area contributed by atoms with Crippen molar-refractivity contribution in [2.24, 2.45) is 0 Å². The van der Waals surface area contributed by atoms with E-state index in [0.29, 0.717) is 0 Å². The quantitative estimate of drug-likeness (QED) is 0.732. The van der Waals surface area contributed by atoms with Crippen LogP contribution in [0.2, 0.25) is 0 Å². The van der Waals surface area contributed by atoms with Crippen LogP contribution < -0.4 is 5.73 Å². The van der Waals surface area contributed by atoms with E-state index in [4.69, 9.17) is 5.73 Å².